The topological polar surface area (TPSA) is 113 Å². The Labute approximate surface area is 206 Å². The molecule has 10 heteroatoms. The number of carbonyl (C=O) groups excluding carboxylic acids is 1. The summed E-state index contributed by atoms with van der Waals surface area (Å²) in [7, 11) is 0. The summed E-state index contributed by atoms with van der Waals surface area (Å²) in [6.07, 6.45) is 6.28. The van der Waals surface area contributed by atoms with Gasteiger partial charge in [-0.3, -0.25) is 9.78 Å². The molecular weight excluding hydrogens is 470 g/mol. The molecule has 3 heterocycles. The maximum Gasteiger partial charge on any atom is 0.307 e. The second-order valence-corrected chi connectivity index (χ2v) is 9.29. The normalized spacial score (nSPS) is 17.5. The first-order valence-electron chi connectivity index (χ1n) is 11.6. The van der Waals surface area contributed by atoms with Crippen molar-refractivity contribution >= 4 is 17.0 Å². The van der Waals surface area contributed by atoms with Crippen LogP contribution in [0, 0.1) is 0 Å². The number of nitrogens with zero attached hydrogens (tertiary/aromatic N) is 3. The van der Waals surface area contributed by atoms with E-state index in [1.807, 2.05) is 28.9 Å². The first kappa shape index (κ1) is 25.0. The van der Waals surface area contributed by atoms with Crippen molar-refractivity contribution in [2.45, 2.75) is 50.7 Å². The standard InChI is InChI=1S/C25H29N3O6S/c1-2-32-25(29)15-23(35(30)31)19-7-5-6-18(14-19)17-34-20-9-10-21(26-16-20)22-11-12-27-28(22)24-8-3-4-13-33-24/h5-7,9-12,14,16,23-24H,2-4,8,13,15,17H2,1H3,(H,30,31). The van der Waals surface area contributed by atoms with Gasteiger partial charge in [0, 0.05) is 12.8 Å². The molecule has 3 unspecified atom stereocenters. The van der Waals surface area contributed by atoms with Crippen LogP contribution in [0.2, 0.25) is 0 Å². The molecule has 0 amide bonds. The zero-order valence-electron chi connectivity index (χ0n) is 19.5. The van der Waals surface area contributed by atoms with Gasteiger partial charge in [0.05, 0.1) is 35.9 Å². The highest BCUT2D eigenvalue weighted by Crippen LogP contribution is 2.28. The molecule has 0 bridgehead atoms. The average molecular weight is 500 g/mol. The van der Waals surface area contributed by atoms with Gasteiger partial charge in [0.2, 0.25) is 0 Å². The number of hydrogen-bond acceptors (Lipinski definition) is 7. The lowest BCUT2D eigenvalue weighted by molar-refractivity contribution is -0.143. The van der Waals surface area contributed by atoms with Gasteiger partial charge in [0.25, 0.3) is 0 Å². The highest BCUT2D eigenvalue weighted by Gasteiger charge is 2.23. The van der Waals surface area contributed by atoms with Gasteiger partial charge in [-0.15, -0.1) is 0 Å². The molecule has 35 heavy (non-hydrogen) atoms. The minimum absolute atomic E-state index is 0.0698. The van der Waals surface area contributed by atoms with Crippen LogP contribution in [-0.4, -0.2) is 42.7 Å². The summed E-state index contributed by atoms with van der Waals surface area (Å²) in [6, 6.07) is 12.8. The fourth-order valence-electron chi connectivity index (χ4n) is 4.01. The number of aromatic nitrogens is 3. The van der Waals surface area contributed by atoms with E-state index in [9.17, 15) is 13.6 Å². The molecule has 3 aromatic rings. The Morgan fingerprint density at radius 3 is 2.89 bits per heavy atom. The zero-order chi connectivity index (χ0) is 24.6. The first-order valence-corrected chi connectivity index (χ1v) is 12.8. The second-order valence-electron chi connectivity index (χ2n) is 8.17. The quantitative estimate of drug-likeness (QED) is 0.322. The van der Waals surface area contributed by atoms with Crippen LogP contribution in [0.1, 0.15) is 55.2 Å². The van der Waals surface area contributed by atoms with E-state index in [-0.39, 0.29) is 25.9 Å². The Bertz CT molecular complexity index is 1140. The van der Waals surface area contributed by atoms with Crippen LogP contribution in [0.15, 0.2) is 54.9 Å². The number of benzene rings is 1. The van der Waals surface area contributed by atoms with Gasteiger partial charge in [-0.05, 0) is 55.5 Å². The molecule has 2 aromatic heterocycles. The fourth-order valence-corrected chi connectivity index (χ4v) is 4.67. The number of carbonyl (C=O) groups is 1. The molecule has 9 nitrogen and oxygen atoms in total. The zero-order valence-corrected chi connectivity index (χ0v) is 20.4. The molecule has 1 N–H and O–H groups in total. The molecular formula is C25H29N3O6S. The summed E-state index contributed by atoms with van der Waals surface area (Å²) in [6.45, 7) is 2.90. The van der Waals surface area contributed by atoms with Gasteiger partial charge >= 0.3 is 5.97 Å². The number of rotatable bonds is 10. The van der Waals surface area contributed by atoms with Gasteiger partial charge in [0.15, 0.2) is 17.3 Å². The van der Waals surface area contributed by atoms with Crippen LogP contribution < -0.4 is 4.74 Å². The van der Waals surface area contributed by atoms with Crippen LogP contribution in [0.25, 0.3) is 11.4 Å². The highest BCUT2D eigenvalue weighted by atomic mass is 32.2. The van der Waals surface area contributed by atoms with Crippen LogP contribution in [0.3, 0.4) is 0 Å². The molecule has 1 aliphatic rings. The summed E-state index contributed by atoms with van der Waals surface area (Å²) in [5, 5.41) is 3.56. The largest absolute Gasteiger partial charge is 0.487 e. The van der Waals surface area contributed by atoms with Crippen molar-refractivity contribution in [2.75, 3.05) is 13.2 Å². The Balaban J connectivity index is 1.40. The van der Waals surface area contributed by atoms with E-state index in [0.29, 0.717) is 11.3 Å². The Morgan fingerprint density at radius 2 is 2.17 bits per heavy atom. The molecule has 4 rings (SSSR count). The molecule has 0 spiro atoms. The molecule has 186 valence electrons. The Hall–Kier alpha value is -3.08. The summed E-state index contributed by atoms with van der Waals surface area (Å²) in [4.78, 5) is 16.4. The van der Waals surface area contributed by atoms with E-state index in [4.69, 9.17) is 14.2 Å². The van der Waals surface area contributed by atoms with Gasteiger partial charge in [0.1, 0.15) is 12.4 Å². The van der Waals surface area contributed by atoms with Crippen molar-refractivity contribution in [1.29, 1.82) is 0 Å². The first-order chi connectivity index (χ1) is 17.0. The smallest absolute Gasteiger partial charge is 0.307 e. The lowest BCUT2D eigenvalue weighted by Crippen LogP contribution is -2.20. The van der Waals surface area contributed by atoms with Gasteiger partial charge in [-0.1, -0.05) is 24.3 Å². The van der Waals surface area contributed by atoms with Crippen molar-refractivity contribution in [2.24, 2.45) is 0 Å². The van der Waals surface area contributed by atoms with Gasteiger partial charge in [-0.2, -0.15) is 5.10 Å². The molecule has 1 saturated heterocycles. The lowest BCUT2D eigenvalue weighted by Gasteiger charge is -2.24. The summed E-state index contributed by atoms with van der Waals surface area (Å²) in [5.74, 6) is 0.0806. The van der Waals surface area contributed by atoms with Gasteiger partial charge < -0.3 is 18.8 Å². The van der Waals surface area contributed by atoms with Crippen LogP contribution in [0.4, 0.5) is 0 Å². The minimum Gasteiger partial charge on any atom is -0.487 e. The molecule has 0 radical (unpaired) electrons. The third-order valence-corrected chi connectivity index (χ3v) is 6.65. The lowest BCUT2D eigenvalue weighted by atomic mass is 10.1. The predicted molar refractivity (Wildman–Crippen MR) is 130 cm³/mol. The van der Waals surface area contributed by atoms with E-state index in [1.165, 1.54) is 0 Å². The minimum atomic E-state index is -2.22. The third-order valence-electron chi connectivity index (χ3n) is 5.73. The van der Waals surface area contributed by atoms with Crippen molar-refractivity contribution in [1.82, 2.24) is 14.8 Å². The van der Waals surface area contributed by atoms with E-state index >= 15 is 0 Å². The van der Waals surface area contributed by atoms with Crippen LogP contribution in [-0.2, 0) is 32.0 Å². The van der Waals surface area contributed by atoms with Crippen molar-refractivity contribution in [3.8, 4) is 17.1 Å². The molecule has 0 saturated carbocycles. The number of hydrogen-bond donors (Lipinski definition) is 1. The molecule has 0 aliphatic carbocycles. The summed E-state index contributed by atoms with van der Waals surface area (Å²) < 4.78 is 40.1. The highest BCUT2D eigenvalue weighted by molar-refractivity contribution is 7.79. The Kier molecular flexibility index (Phi) is 8.62. The maximum atomic E-state index is 11.8. The monoisotopic (exact) mass is 499 g/mol. The maximum absolute atomic E-state index is 11.8. The third kappa shape index (κ3) is 6.53. The van der Waals surface area contributed by atoms with Crippen molar-refractivity contribution in [3.05, 3.63) is 66.0 Å². The Morgan fingerprint density at radius 1 is 1.29 bits per heavy atom. The van der Waals surface area contributed by atoms with E-state index < -0.39 is 22.3 Å². The van der Waals surface area contributed by atoms with Crippen molar-refractivity contribution < 1.29 is 27.8 Å². The summed E-state index contributed by atoms with van der Waals surface area (Å²) >= 11 is -2.22. The number of ether oxygens (including phenoxy) is 3. The van der Waals surface area contributed by atoms with Crippen LogP contribution >= 0.6 is 0 Å². The van der Waals surface area contributed by atoms with Crippen LogP contribution in [0.5, 0.6) is 5.75 Å². The molecule has 1 aromatic carbocycles. The number of pyridine rings is 1. The molecule has 1 aliphatic heterocycles. The van der Waals surface area contributed by atoms with Crippen molar-refractivity contribution in [3.63, 3.8) is 0 Å². The van der Waals surface area contributed by atoms with E-state index in [1.54, 1.807) is 37.5 Å². The SMILES string of the molecule is CCOC(=O)CC(c1cccc(COc2ccc(-c3ccnn3C3CCCCO3)nc2)c1)S(=O)O. The molecule has 1 fully saturated rings. The van der Waals surface area contributed by atoms with E-state index in [0.717, 1.165) is 42.8 Å². The van der Waals surface area contributed by atoms with E-state index in [2.05, 4.69) is 10.1 Å². The van der Waals surface area contributed by atoms with Gasteiger partial charge in [-0.25, -0.2) is 8.89 Å². The second kappa shape index (κ2) is 12.1. The summed E-state index contributed by atoms with van der Waals surface area (Å²) in [5.41, 5.74) is 3.05. The molecule has 3 atom stereocenters. The average Bonchev–Trinajstić information content (AvgIpc) is 3.37. The predicted octanol–water partition coefficient (Wildman–Crippen LogP) is 4.44. The fraction of sp³-hybridized carbons (Fsp3) is 0.400. The number of esters is 1.